The van der Waals surface area contributed by atoms with E-state index in [9.17, 15) is 9.18 Å². The first-order chi connectivity index (χ1) is 16.0. The van der Waals surface area contributed by atoms with Gasteiger partial charge in [0.15, 0.2) is 0 Å². The maximum atomic E-state index is 14.6. The average Bonchev–Trinajstić information content (AvgIpc) is 2.82. The van der Waals surface area contributed by atoms with Crippen LogP contribution in [0.4, 0.5) is 10.1 Å². The molecule has 168 valence electrons. The fraction of sp³-hybridized carbons (Fsp3) is 0.185. The number of ether oxygens (including phenoxy) is 1. The molecule has 3 N–H and O–H groups in total. The van der Waals surface area contributed by atoms with Crippen molar-refractivity contribution in [2.75, 3.05) is 5.32 Å². The molecule has 3 rings (SSSR count). The first-order valence-electron chi connectivity index (χ1n) is 10.5. The Hall–Kier alpha value is -4.11. The van der Waals surface area contributed by atoms with E-state index < -0.39 is 17.7 Å². The lowest BCUT2D eigenvalue weighted by Gasteiger charge is -2.14. The van der Waals surface area contributed by atoms with Crippen LogP contribution in [-0.2, 0) is 17.9 Å². The molecule has 0 amide bonds. The van der Waals surface area contributed by atoms with Gasteiger partial charge in [-0.1, -0.05) is 48.4 Å². The zero-order chi connectivity index (χ0) is 23.6. The quantitative estimate of drug-likeness (QED) is 0.281. The first-order valence-corrected chi connectivity index (χ1v) is 10.5. The molecule has 0 fully saturated rings. The van der Waals surface area contributed by atoms with Gasteiger partial charge in [-0.25, -0.2) is 4.39 Å². The van der Waals surface area contributed by atoms with E-state index >= 15 is 0 Å². The van der Waals surface area contributed by atoms with Gasteiger partial charge >= 0.3 is 5.97 Å². The van der Waals surface area contributed by atoms with Crippen molar-refractivity contribution in [3.63, 3.8) is 0 Å². The van der Waals surface area contributed by atoms with Crippen LogP contribution in [0.3, 0.4) is 0 Å². The highest BCUT2D eigenvalue weighted by atomic mass is 19.1. The number of hydrogen-bond acceptors (Lipinski definition) is 4. The van der Waals surface area contributed by atoms with Gasteiger partial charge in [0.05, 0.1) is 12.3 Å². The molecule has 0 aliphatic rings. The van der Waals surface area contributed by atoms with Gasteiger partial charge in [0.1, 0.15) is 18.2 Å². The van der Waals surface area contributed by atoms with Gasteiger partial charge in [-0.15, -0.1) is 5.92 Å². The molecule has 0 saturated carbocycles. The van der Waals surface area contributed by atoms with Gasteiger partial charge in [-0.3, -0.25) is 4.79 Å². The number of nitrogens with one attached hydrogen (secondary N) is 2. The van der Waals surface area contributed by atoms with Crippen molar-refractivity contribution in [1.29, 1.82) is 5.41 Å². The van der Waals surface area contributed by atoms with Crippen LogP contribution in [0.15, 0.2) is 66.7 Å². The Labute approximate surface area is 192 Å². The summed E-state index contributed by atoms with van der Waals surface area (Å²) < 4.78 is 20.3. The van der Waals surface area contributed by atoms with E-state index in [1.54, 1.807) is 37.3 Å². The Morgan fingerprint density at radius 1 is 1.18 bits per heavy atom. The molecule has 0 spiro atoms. The van der Waals surface area contributed by atoms with Crippen LogP contribution in [0.1, 0.15) is 41.5 Å². The fourth-order valence-corrected chi connectivity index (χ4v) is 3.37. The number of aliphatic carboxylic acids is 1. The Kier molecular flexibility index (Phi) is 8.20. The molecule has 0 aromatic heterocycles. The van der Waals surface area contributed by atoms with Crippen LogP contribution in [0.5, 0.6) is 5.75 Å². The molecule has 3 aromatic carbocycles. The van der Waals surface area contributed by atoms with Gasteiger partial charge in [-0.05, 0) is 42.3 Å². The largest absolute Gasteiger partial charge is 0.489 e. The van der Waals surface area contributed by atoms with E-state index in [-0.39, 0.29) is 13.0 Å². The third-order valence-corrected chi connectivity index (χ3v) is 5.07. The average molecular weight is 445 g/mol. The zero-order valence-corrected chi connectivity index (χ0v) is 18.3. The maximum Gasteiger partial charge on any atom is 0.304 e. The second kappa shape index (κ2) is 11.5. The van der Waals surface area contributed by atoms with E-state index in [1.807, 2.05) is 30.3 Å². The third-order valence-electron chi connectivity index (χ3n) is 5.07. The van der Waals surface area contributed by atoms with Gasteiger partial charge in [0, 0.05) is 29.6 Å². The predicted octanol–water partition coefficient (Wildman–Crippen LogP) is 5.60. The third kappa shape index (κ3) is 6.68. The lowest BCUT2D eigenvalue weighted by Crippen LogP contribution is -2.06. The Morgan fingerprint density at radius 2 is 1.91 bits per heavy atom. The molecule has 0 heterocycles. The van der Waals surface area contributed by atoms with Crippen molar-refractivity contribution in [3.8, 4) is 17.6 Å². The number of carbonyl (C=O) groups is 1. The molecule has 0 unspecified atom stereocenters. The summed E-state index contributed by atoms with van der Waals surface area (Å²) in [7, 11) is 0. The summed E-state index contributed by atoms with van der Waals surface area (Å²) in [6, 6.07) is 19.8. The maximum absolute atomic E-state index is 14.6. The number of carboxylic acid groups (broad SMARTS) is 1. The molecule has 33 heavy (non-hydrogen) atoms. The van der Waals surface area contributed by atoms with Crippen LogP contribution < -0.4 is 10.1 Å². The van der Waals surface area contributed by atoms with E-state index in [1.165, 1.54) is 6.07 Å². The summed E-state index contributed by atoms with van der Waals surface area (Å²) in [5, 5.41) is 19.9. The minimum atomic E-state index is -0.913. The minimum Gasteiger partial charge on any atom is -0.489 e. The van der Waals surface area contributed by atoms with Crippen LogP contribution in [-0.4, -0.2) is 17.3 Å². The second-order valence-corrected chi connectivity index (χ2v) is 7.42. The standard InChI is InChI=1S/C27H25FN2O3/c1-2-6-21(15-27(31)32)20-9-11-24(12-10-20)33-18-23-14-26(22(16-29)13-25(23)28)30-17-19-7-4-3-5-8-19/h3-5,7-14,16,21,29-30H,15,17-18H2,1H3,(H,31,32)/t21-/m0/s1. The summed E-state index contributed by atoms with van der Waals surface area (Å²) >= 11 is 0. The van der Waals surface area contributed by atoms with Crippen molar-refractivity contribution in [2.45, 2.75) is 32.4 Å². The number of rotatable bonds is 10. The first kappa shape index (κ1) is 23.6. The van der Waals surface area contributed by atoms with Crippen molar-refractivity contribution in [2.24, 2.45) is 0 Å². The zero-order valence-electron chi connectivity index (χ0n) is 18.3. The molecule has 1 atom stereocenters. The van der Waals surface area contributed by atoms with E-state index in [0.29, 0.717) is 29.1 Å². The molecule has 0 bridgehead atoms. The lowest BCUT2D eigenvalue weighted by molar-refractivity contribution is -0.137. The van der Waals surface area contributed by atoms with Gasteiger partial charge in [0.2, 0.25) is 0 Å². The number of anilines is 1. The Bertz CT molecular complexity index is 1170. The molecule has 0 aliphatic carbocycles. The number of halogens is 1. The summed E-state index contributed by atoms with van der Waals surface area (Å²) in [4.78, 5) is 11.1. The lowest BCUT2D eigenvalue weighted by atomic mass is 9.96. The molecule has 0 saturated heterocycles. The van der Waals surface area contributed by atoms with Crippen LogP contribution in [0.25, 0.3) is 0 Å². The van der Waals surface area contributed by atoms with Gasteiger partial charge in [-0.2, -0.15) is 0 Å². The summed E-state index contributed by atoms with van der Waals surface area (Å²) in [6.45, 7) is 2.23. The highest BCUT2D eigenvalue weighted by Crippen LogP contribution is 2.25. The minimum absolute atomic E-state index is 0.0107. The molecule has 0 aliphatic heterocycles. The predicted molar refractivity (Wildman–Crippen MR) is 127 cm³/mol. The summed E-state index contributed by atoms with van der Waals surface area (Å²) in [5.41, 5.74) is 3.33. The number of benzene rings is 3. The van der Waals surface area contributed by atoms with E-state index in [0.717, 1.165) is 17.3 Å². The normalized spacial score (nSPS) is 11.1. The molecule has 6 heteroatoms. The number of carboxylic acids is 1. The smallest absolute Gasteiger partial charge is 0.304 e. The summed E-state index contributed by atoms with van der Waals surface area (Å²) in [5.74, 6) is 4.45. The van der Waals surface area contributed by atoms with Crippen molar-refractivity contribution in [3.05, 3.63) is 94.8 Å². The molecular weight excluding hydrogens is 419 g/mol. The van der Waals surface area contributed by atoms with Crippen LogP contribution in [0, 0.1) is 23.1 Å². The highest BCUT2D eigenvalue weighted by Gasteiger charge is 2.14. The van der Waals surface area contributed by atoms with Gasteiger partial charge in [0.25, 0.3) is 0 Å². The van der Waals surface area contributed by atoms with Crippen molar-refractivity contribution < 1.29 is 19.0 Å². The highest BCUT2D eigenvalue weighted by molar-refractivity contribution is 5.86. The van der Waals surface area contributed by atoms with Crippen molar-refractivity contribution in [1.82, 2.24) is 0 Å². The van der Waals surface area contributed by atoms with E-state index in [2.05, 4.69) is 17.2 Å². The van der Waals surface area contributed by atoms with Crippen LogP contribution >= 0.6 is 0 Å². The Morgan fingerprint density at radius 3 is 2.55 bits per heavy atom. The molecule has 5 nitrogen and oxygen atoms in total. The van der Waals surface area contributed by atoms with E-state index in [4.69, 9.17) is 15.3 Å². The van der Waals surface area contributed by atoms with Crippen molar-refractivity contribution >= 4 is 17.9 Å². The monoisotopic (exact) mass is 444 g/mol. The molecule has 0 radical (unpaired) electrons. The molecule has 3 aromatic rings. The SMILES string of the molecule is CC#C[C@@H](CC(=O)O)c1ccc(OCc2cc(NCc3ccccc3)c(C=N)cc2F)cc1. The fourth-order valence-electron chi connectivity index (χ4n) is 3.37. The number of hydrogen-bond donors (Lipinski definition) is 3. The van der Waals surface area contributed by atoms with Crippen LogP contribution in [0.2, 0.25) is 0 Å². The van der Waals surface area contributed by atoms with Gasteiger partial charge < -0.3 is 20.6 Å². The molecular formula is C27H25FN2O3. The Balaban J connectivity index is 1.70. The topological polar surface area (TPSA) is 82.4 Å². The second-order valence-electron chi connectivity index (χ2n) is 7.42. The summed E-state index contributed by atoms with van der Waals surface area (Å²) in [6.07, 6.45) is 1.04.